The lowest BCUT2D eigenvalue weighted by Gasteiger charge is -2.19. The van der Waals surface area contributed by atoms with Crippen LogP contribution in [0.4, 0.5) is 0 Å². The normalized spacial score (nSPS) is 26.0. The van der Waals surface area contributed by atoms with E-state index in [1.807, 2.05) is 4.90 Å². The lowest BCUT2D eigenvalue weighted by molar-refractivity contribution is -0.128. The smallest absolute Gasteiger partial charge is 0.222 e. The first-order valence-electron chi connectivity index (χ1n) is 3.66. The van der Waals surface area contributed by atoms with Gasteiger partial charge in [-0.25, -0.2) is 0 Å². The minimum Gasteiger partial charge on any atom is -0.339 e. The molecule has 1 unspecified atom stereocenters. The molecule has 3 heteroatoms. The molecule has 58 valence electrons. The average Bonchev–Trinajstić information content (AvgIpc) is 2.20. The first-order valence-corrected chi connectivity index (χ1v) is 4.29. The number of hydrogen-bond acceptors (Lipinski definition) is 2. The molecule has 1 aliphatic heterocycles. The van der Waals surface area contributed by atoms with Crippen molar-refractivity contribution in [1.82, 2.24) is 4.90 Å². The average molecular weight is 159 g/mol. The van der Waals surface area contributed by atoms with Crippen molar-refractivity contribution in [2.75, 3.05) is 12.3 Å². The van der Waals surface area contributed by atoms with E-state index in [0.29, 0.717) is 11.9 Å². The Hall–Kier alpha value is -0.180. The van der Waals surface area contributed by atoms with Gasteiger partial charge in [-0.1, -0.05) is 0 Å². The fraction of sp³-hybridized carbons (Fsp3) is 0.857. The highest BCUT2D eigenvalue weighted by atomic mass is 32.1. The summed E-state index contributed by atoms with van der Waals surface area (Å²) in [5, 5.41) is 0. The molecule has 1 saturated heterocycles. The second-order valence-electron chi connectivity index (χ2n) is 2.70. The van der Waals surface area contributed by atoms with Gasteiger partial charge in [-0.2, -0.15) is 12.6 Å². The molecule has 0 aromatic rings. The Morgan fingerprint density at radius 1 is 1.80 bits per heavy atom. The highest BCUT2D eigenvalue weighted by Gasteiger charge is 2.25. The summed E-state index contributed by atoms with van der Waals surface area (Å²) in [5.41, 5.74) is 0. The Morgan fingerprint density at radius 3 is 2.90 bits per heavy atom. The van der Waals surface area contributed by atoms with Crippen LogP contribution in [0.5, 0.6) is 0 Å². The zero-order chi connectivity index (χ0) is 7.56. The standard InChI is InChI=1S/C7H13NOS/c1-6-2-3-7(9)8(6)4-5-10/h6,10H,2-5H2,1H3. The van der Waals surface area contributed by atoms with Crippen molar-refractivity contribution in [1.29, 1.82) is 0 Å². The molecule has 1 fully saturated rings. The number of hydrogen-bond donors (Lipinski definition) is 1. The highest BCUT2D eigenvalue weighted by molar-refractivity contribution is 7.80. The summed E-state index contributed by atoms with van der Waals surface area (Å²) < 4.78 is 0. The van der Waals surface area contributed by atoms with Gasteiger partial charge in [-0.15, -0.1) is 0 Å². The molecule has 0 aliphatic carbocycles. The Bertz CT molecular complexity index is 138. The highest BCUT2D eigenvalue weighted by Crippen LogP contribution is 2.17. The Labute approximate surface area is 67.0 Å². The van der Waals surface area contributed by atoms with Gasteiger partial charge in [0, 0.05) is 24.8 Å². The molecule has 1 amide bonds. The first-order chi connectivity index (χ1) is 4.75. The summed E-state index contributed by atoms with van der Waals surface area (Å²) >= 11 is 4.08. The number of rotatable bonds is 2. The first kappa shape index (κ1) is 7.92. The molecule has 1 rings (SSSR count). The van der Waals surface area contributed by atoms with Crippen LogP contribution in [0.25, 0.3) is 0 Å². The molecule has 0 saturated carbocycles. The van der Waals surface area contributed by atoms with Gasteiger partial charge in [0.2, 0.25) is 5.91 Å². The largest absolute Gasteiger partial charge is 0.339 e. The van der Waals surface area contributed by atoms with Gasteiger partial charge in [0.1, 0.15) is 0 Å². The second kappa shape index (κ2) is 3.28. The fourth-order valence-corrected chi connectivity index (χ4v) is 1.55. The minimum atomic E-state index is 0.293. The van der Waals surface area contributed by atoms with Crippen molar-refractivity contribution < 1.29 is 4.79 Å². The number of carbonyl (C=O) groups is 1. The molecule has 0 aromatic carbocycles. The van der Waals surface area contributed by atoms with Crippen LogP contribution in [0.15, 0.2) is 0 Å². The van der Waals surface area contributed by atoms with Crippen LogP contribution in [-0.4, -0.2) is 29.1 Å². The molecule has 0 N–H and O–H groups in total. The van der Waals surface area contributed by atoms with E-state index in [1.165, 1.54) is 0 Å². The second-order valence-corrected chi connectivity index (χ2v) is 3.15. The molecule has 1 aliphatic rings. The predicted octanol–water partition coefficient (Wildman–Crippen LogP) is 0.927. The Morgan fingerprint density at radius 2 is 2.50 bits per heavy atom. The van der Waals surface area contributed by atoms with Gasteiger partial charge >= 0.3 is 0 Å². The summed E-state index contributed by atoms with van der Waals surface area (Å²) in [4.78, 5) is 13.0. The summed E-state index contributed by atoms with van der Waals surface area (Å²) in [6.07, 6.45) is 1.75. The maximum Gasteiger partial charge on any atom is 0.222 e. The lowest BCUT2D eigenvalue weighted by Crippen LogP contribution is -2.32. The molecule has 1 heterocycles. The van der Waals surface area contributed by atoms with Crippen molar-refractivity contribution in [2.24, 2.45) is 0 Å². The minimum absolute atomic E-state index is 0.293. The van der Waals surface area contributed by atoms with Crippen molar-refractivity contribution in [3.63, 3.8) is 0 Å². The molecule has 0 bridgehead atoms. The van der Waals surface area contributed by atoms with Crippen LogP contribution >= 0.6 is 12.6 Å². The van der Waals surface area contributed by atoms with Crippen LogP contribution in [-0.2, 0) is 4.79 Å². The third kappa shape index (κ3) is 1.45. The van der Waals surface area contributed by atoms with E-state index in [4.69, 9.17) is 0 Å². The van der Waals surface area contributed by atoms with E-state index in [1.54, 1.807) is 0 Å². The zero-order valence-corrected chi connectivity index (χ0v) is 7.10. The molecule has 0 spiro atoms. The van der Waals surface area contributed by atoms with Crippen LogP contribution in [0.2, 0.25) is 0 Å². The molecule has 1 atom stereocenters. The summed E-state index contributed by atoms with van der Waals surface area (Å²) in [7, 11) is 0. The quantitative estimate of drug-likeness (QED) is 0.594. The number of nitrogens with zero attached hydrogens (tertiary/aromatic N) is 1. The summed E-state index contributed by atoms with van der Waals surface area (Å²) in [6.45, 7) is 2.90. The fourth-order valence-electron chi connectivity index (χ4n) is 1.33. The lowest BCUT2D eigenvalue weighted by atomic mass is 10.2. The SMILES string of the molecule is CC1CCC(=O)N1CCS. The van der Waals surface area contributed by atoms with E-state index in [-0.39, 0.29) is 0 Å². The van der Waals surface area contributed by atoms with E-state index in [0.717, 1.165) is 25.1 Å². The van der Waals surface area contributed by atoms with Crippen molar-refractivity contribution in [3.05, 3.63) is 0 Å². The molecule has 0 aromatic heterocycles. The van der Waals surface area contributed by atoms with Crippen molar-refractivity contribution in [3.8, 4) is 0 Å². The molecule has 2 nitrogen and oxygen atoms in total. The number of carbonyl (C=O) groups excluding carboxylic acids is 1. The van der Waals surface area contributed by atoms with Gasteiger partial charge < -0.3 is 4.90 Å². The third-order valence-corrected chi connectivity index (χ3v) is 2.17. The molecular formula is C7H13NOS. The predicted molar refractivity (Wildman–Crippen MR) is 44.3 cm³/mol. The summed E-state index contributed by atoms with van der Waals surface area (Å²) in [5.74, 6) is 1.07. The van der Waals surface area contributed by atoms with Crippen LogP contribution in [0, 0.1) is 0 Å². The van der Waals surface area contributed by atoms with E-state index in [2.05, 4.69) is 19.6 Å². The van der Waals surface area contributed by atoms with Crippen LogP contribution < -0.4 is 0 Å². The van der Waals surface area contributed by atoms with Crippen LogP contribution in [0.3, 0.4) is 0 Å². The van der Waals surface area contributed by atoms with E-state index >= 15 is 0 Å². The number of thiol groups is 1. The zero-order valence-electron chi connectivity index (χ0n) is 6.21. The van der Waals surface area contributed by atoms with Gasteiger partial charge in [0.15, 0.2) is 0 Å². The van der Waals surface area contributed by atoms with Gasteiger partial charge in [-0.3, -0.25) is 4.79 Å². The maximum atomic E-state index is 11.1. The molecular weight excluding hydrogens is 146 g/mol. The monoisotopic (exact) mass is 159 g/mol. The molecule has 10 heavy (non-hydrogen) atoms. The topological polar surface area (TPSA) is 20.3 Å². The van der Waals surface area contributed by atoms with Crippen LogP contribution in [0.1, 0.15) is 19.8 Å². The Kier molecular flexibility index (Phi) is 2.60. The van der Waals surface area contributed by atoms with Crippen molar-refractivity contribution in [2.45, 2.75) is 25.8 Å². The summed E-state index contributed by atoms with van der Waals surface area (Å²) in [6, 6.07) is 0.444. The van der Waals surface area contributed by atoms with Gasteiger partial charge in [0.25, 0.3) is 0 Å². The molecule has 0 radical (unpaired) electrons. The van der Waals surface area contributed by atoms with Crippen molar-refractivity contribution >= 4 is 18.5 Å². The number of amides is 1. The van der Waals surface area contributed by atoms with Gasteiger partial charge in [-0.05, 0) is 13.3 Å². The van der Waals surface area contributed by atoms with E-state index in [9.17, 15) is 4.79 Å². The Balaban J connectivity index is 2.46. The van der Waals surface area contributed by atoms with Gasteiger partial charge in [0.05, 0.1) is 0 Å². The maximum absolute atomic E-state index is 11.1. The third-order valence-electron chi connectivity index (χ3n) is 1.97. The van der Waals surface area contributed by atoms with E-state index < -0.39 is 0 Å². The number of likely N-dealkylation sites (tertiary alicyclic amines) is 1.